The second-order valence-electron chi connectivity index (χ2n) is 6.27. The van der Waals surface area contributed by atoms with Crippen LogP contribution >= 0.6 is 0 Å². The van der Waals surface area contributed by atoms with Crippen molar-refractivity contribution < 1.29 is 0 Å². The fraction of sp³-hybridized carbons (Fsp3) is 0.368. The number of anilines is 1. The highest BCUT2D eigenvalue weighted by atomic mass is 15.3. The van der Waals surface area contributed by atoms with Gasteiger partial charge < -0.3 is 16.0 Å². The molecule has 1 aromatic carbocycles. The van der Waals surface area contributed by atoms with E-state index in [1.165, 1.54) is 11.1 Å². The molecular weight excluding hydrogens is 340 g/mol. The first kappa shape index (κ1) is 18.6. The van der Waals surface area contributed by atoms with Crippen LogP contribution in [-0.2, 0) is 13.6 Å². The van der Waals surface area contributed by atoms with Gasteiger partial charge in [-0.2, -0.15) is 5.10 Å². The number of aryl methyl sites for hydroxylation is 2. The van der Waals surface area contributed by atoms with Gasteiger partial charge in [0.05, 0.1) is 18.1 Å². The number of rotatable bonds is 7. The van der Waals surface area contributed by atoms with Crippen molar-refractivity contribution in [2.24, 2.45) is 12.0 Å². The second kappa shape index (κ2) is 8.98. The van der Waals surface area contributed by atoms with Crippen LogP contribution in [0.2, 0.25) is 0 Å². The monoisotopic (exact) mass is 366 g/mol. The smallest absolute Gasteiger partial charge is 0.191 e. The third-order valence-electron chi connectivity index (χ3n) is 4.09. The predicted molar refractivity (Wildman–Crippen MR) is 109 cm³/mol. The molecule has 8 nitrogen and oxygen atoms in total. The molecule has 0 fully saturated rings. The first-order valence-corrected chi connectivity index (χ1v) is 9.11. The van der Waals surface area contributed by atoms with Gasteiger partial charge in [-0.3, -0.25) is 4.68 Å². The molecule has 0 bridgehead atoms. The molecule has 0 aliphatic heterocycles. The average Bonchev–Trinajstić information content (AvgIpc) is 3.05. The first-order valence-electron chi connectivity index (χ1n) is 9.11. The third-order valence-corrected chi connectivity index (χ3v) is 4.09. The summed E-state index contributed by atoms with van der Waals surface area (Å²) in [6, 6.07) is 8.40. The van der Waals surface area contributed by atoms with Crippen molar-refractivity contribution in [1.82, 2.24) is 30.4 Å². The number of fused-ring (bicyclic) bond motifs is 1. The van der Waals surface area contributed by atoms with Crippen molar-refractivity contribution in [3.63, 3.8) is 0 Å². The molecule has 0 saturated carbocycles. The summed E-state index contributed by atoms with van der Waals surface area (Å²) in [6.07, 6.45) is 3.33. The zero-order valence-corrected chi connectivity index (χ0v) is 16.0. The van der Waals surface area contributed by atoms with Gasteiger partial charge in [0.25, 0.3) is 0 Å². The Hall–Kier alpha value is -3.16. The van der Waals surface area contributed by atoms with Crippen LogP contribution in [0.15, 0.2) is 41.8 Å². The van der Waals surface area contributed by atoms with E-state index in [2.05, 4.69) is 74.1 Å². The van der Waals surface area contributed by atoms with E-state index in [4.69, 9.17) is 0 Å². The molecule has 0 atom stereocenters. The minimum atomic E-state index is 0.645. The Bertz CT molecular complexity index is 915. The zero-order valence-electron chi connectivity index (χ0n) is 16.0. The van der Waals surface area contributed by atoms with Crippen LogP contribution in [0.3, 0.4) is 0 Å². The van der Waals surface area contributed by atoms with Crippen LogP contribution in [0.1, 0.15) is 18.1 Å². The second-order valence-corrected chi connectivity index (χ2v) is 6.27. The minimum absolute atomic E-state index is 0.645. The highest BCUT2D eigenvalue weighted by Crippen LogP contribution is 2.17. The Morgan fingerprint density at radius 3 is 2.89 bits per heavy atom. The largest absolute Gasteiger partial charge is 0.368 e. The van der Waals surface area contributed by atoms with Gasteiger partial charge in [0, 0.05) is 26.7 Å². The summed E-state index contributed by atoms with van der Waals surface area (Å²) < 4.78 is 1.74. The standard InChI is InChI=1S/C19H26N8/c1-4-20-19(23-11-15-7-5-6-14(2)10-15)22-9-8-21-17-16-12-26-27(3)18(16)25-13-24-17/h5-7,10,12-13H,4,8-9,11H2,1-3H3,(H2,20,22,23)(H,21,24,25). The molecule has 0 radical (unpaired) electrons. The molecule has 0 amide bonds. The van der Waals surface area contributed by atoms with Crippen LogP contribution in [0, 0.1) is 6.92 Å². The van der Waals surface area contributed by atoms with Crippen LogP contribution in [0.4, 0.5) is 5.82 Å². The summed E-state index contributed by atoms with van der Waals surface area (Å²) in [6.45, 7) is 7.03. The number of aromatic nitrogens is 4. The number of nitrogens with one attached hydrogen (secondary N) is 3. The summed E-state index contributed by atoms with van der Waals surface area (Å²) in [7, 11) is 1.87. The fourth-order valence-electron chi connectivity index (χ4n) is 2.79. The van der Waals surface area contributed by atoms with Crippen LogP contribution in [0.25, 0.3) is 11.0 Å². The summed E-state index contributed by atoms with van der Waals surface area (Å²) in [5.74, 6) is 1.59. The first-order chi connectivity index (χ1) is 13.2. The molecule has 3 rings (SSSR count). The van der Waals surface area contributed by atoms with Crippen LogP contribution in [-0.4, -0.2) is 45.3 Å². The van der Waals surface area contributed by atoms with Gasteiger partial charge in [0.1, 0.15) is 12.1 Å². The predicted octanol–water partition coefficient (Wildman–Crippen LogP) is 1.84. The van der Waals surface area contributed by atoms with Crippen molar-refractivity contribution in [3.8, 4) is 0 Å². The Kier molecular flexibility index (Phi) is 6.19. The maximum Gasteiger partial charge on any atom is 0.191 e. The van der Waals surface area contributed by atoms with Crippen LogP contribution < -0.4 is 16.0 Å². The Morgan fingerprint density at radius 2 is 2.07 bits per heavy atom. The Morgan fingerprint density at radius 1 is 1.19 bits per heavy atom. The molecule has 2 aromatic heterocycles. The number of nitrogens with zero attached hydrogens (tertiary/aromatic N) is 5. The third kappa shape index (κ3) is 4.93. The zero-order chi connectivity index (χ0) is 19.1. The lowest BCUT2D eigenvalue weighted by molar-refractivity contribution is 0.785. The van der Waals surface area contributed by atoms with E-state index >= 15 is 0 Å². The summed E-state index contributed by atoms with van der Waals surface area (Å²) >= 11 is 0. The van der Waals surface area contributed by atoms with E-state index < -0.39 is 0 Å². The van der Waals surface area contributed by atoms with Gasteiger partial charge in [-0.05, 0) is 19.4 Å². The fourth-order valence-corrected chi connectivity index (χ4v) is 2.79. The summed E-state index contributed by atoms with van der Waals surface area (Å²) in [5.41, 5.74) is 3.26. The number of guanidine groups is 1. The minimum Gasteiger partial charge on any atom is -0.368 e. The van der Waals surface area contributed by atoms with Crippen molar-refractivity contribution >= 4 is 22.8 Å². The van der Waals surface area contributed by atoms with E-state index in [0.717, 1.165) is 29.4 Å². The summed E-state index contributed by atoms with van der Waals surface area (Å²) in [4.78, 5) is 13.2. The van der Waals surface area contributed by atoms with E-state index in [1.807, 2.05) is 7.05 Å². The van der Waals surface area contributed by atoms with Crippen molar-refractivity contribution in [1.29, 1.82) is 0 Å². The van der Waals surface area contributed by atoms with Crippen molar-refractivity contribution in [2.75, 3.05) is 25.0 Å². The lowest BCUT2D eigenvalue weighted by atomic mass is 10.1. The molecule has 0 saturated heterocycles. The highest BCUT2D eigenvalue weighted by molar-refractivity contribution is 5.86. The number of hydrogen-bond donors (Lipinski definition) is 3. The molecule has 142 valence electrons. The molecule has 27 heavy (non-hydrogen) atoms. The normalized spacial score (nSPS) is 11.6. The molecule has 0 aliphatic carbocycles. The van der Waals surface area contributed by atoms with Gasteiger partial charge in [0.2, 0.25) is 0 Å². The van der Waals surface area contributed by atoms with E-state index in [-0.39, 0.29) is 0 Å². The lowest BCUT2D eigenvalue weighted by Crippen LogP contribution is -2.39. The van der Waals surface area contributed by atoms with Crippen LogP contribution in [0.5, 0.6) is 0 Å². The maximum atomic E-state index is 4.65. The molecule has 0 aliphatic rings. The van der Waals surface area contributed by atoms with Crippen molar-refractivity contribution in [2.45, 2.75) is 20.4 Å². The summed E-state index contributed by atoms with van der Waals surface area (Å²) in [5, 5.41) is 15.1. The Balaban J connectivity index is 1.54. The maximum absolute atomic E-state index is 4.65. The van der Waals surface area contributed by atoms with Gasteiger partial charge in [-0.1, -0.05) is 29.8 Å². The van der Waals surface area contributed by atoms with Gasteiger partial charge in [-0.15, -0.1) is 0 Å². The SMILES string of the molecule is CCNC(=NCc1cccc(C)c1)NCCNc1ncnc2c1cnn2C. The number of aliphatic imine (C=N–C) groups is 1. The molecular formula is C19H26N8. The van der Waals surface area contributed by atoms with Gasteiger partial charge in [-0.25, -0.2) is 15.0 Å². The molecule has 3 aromatic rings. The quantitative estimate of drug-likeness (QED) is 0.336. The molecule has 3 N–H and O–H groups in total. The molecule has 8 heteroatoms. The Labute approximate surface area is 159 Å². The topological polar surface area (TPSA) is 92.1 Å². The van der Waals surface area contributed by atoms with Gasteiger partial charge in [0.15, 0.2) is 11.6 Å². The average molecular weight is 366 g/mol. The van der Waals surface area contributed by atoms with Crippen molar-refractivity contribution in [3.05, 3.63) is 47.9 Å². The number of benzene rings is 1. The van der Waals surface area contributed by atoms with E-state index in [1.54, 1.807) is 17.2 Å². The van der Waals surface area contributed by atoms with E-state index in [0.29, 0.717) is 19.6 Å². The molecule has 0 spiro atoms. The molecule has 0 unspecified atom stereocenters. The lowest BCUT2D eigenvalue weighted by Gasteiger charge is -2.12. The van der Waals surface area contributed by atoms with Gasteiger partial charge >= 0.3 is 0 Å². The number of hydrogen-bond acceptors (Lipinski definition) is 5. The highest BCUT2D eigenvalue weighted by Gasteiger charge is 2.07. The van der Waals surface area contributed by atoms with E-state index in [9.17, 15) is 0 Å². The molecule has 2 heterocycles.